The lowest BCUT2D eigenvalue weighted by Crippen LogP contribution is -2.16. The van der Waals surface area contributed by atoms with Crippen LogP contribution in [0.15, 0.2) is 18.2 Å². The molecule has 4 N–H and O–H groups in total. The van der Waals surface area contributed by atoms with Gasteiger partial charge in [-0.3, -0.25) is 4.79 Å². The van der Waals surface area contributed by atoms with Crippen molar-refractivity contribution < 1.29 is 19.1 Å². The molecule has 1 amide bonds. The van der Waals surface area contributed by atoms with Gasteiger partial charge in [0.05, 0.1) is 23.0 Å². The number of carbonyl (C=O) groups excluding carboxylic acids is 2. The van der Waals surface area contributed by atoms with Gasteiger partial charge in [0.15, 0.2) is 0 Å². The Kier molecular flexibility index (Phi) is 8.58. The van der Waals surface area contributed by atoms with E-state index in [1.807, 2.05) is 13.8 Å². The predicted octanol–water partition coefficient (Wildman–Crippen LogP) is 4.76. The van der Waals surface area contributed by atoms with Crippen LogP contribution in [0, 0.1) is 5.92 Å². The molecule has 0 radical (unpaired) electrons. The van der Waals surface area contributed by atoms with Crippen LogP contribution in [0.1, 0.15) is 33.9 Å². The van der Waals surface area contributed by atoms with E-state index < -0.39 is 11.9 Å². The molecule has 1 aromatic carbocycles. The monoisotopic (exact) mass is 459 g/mol. The number of carbonyl (C=O) groups is 2. The van der Waals surface area contributed by atoms with Gasteiger partial charge in [0.1, 0.15) is 22.0 Å². The standard InChI is InChI=1S/C19H23Cl2N3O4S/c1-10(2)9-23-18-14(19(26)28-7-6-27-3)15(22)16(29-18)17(25)24-13-5-4-11(20)8-12(13)21/h4-5,8,10,23H,6-7,9,22H2,1-3H3,(H,24,25). The quantitative estimate of drug-likeness (QED) is 0.368. The average Bonchev–Trinajstić information content (AvgIpc) is 2.99. The summed E-state index contributed by atoms with van der Waals surface area (Å²) in [5, 5.41) is 7.07. The van der Waals surface area contributed by atoms with Crippen molar-refractivity contribution in [2.24, 2.45) is 5.92 Å². The molecule has 0 saturated carbocycles. The minimum absolute atomic E-state index is 0.0475. The number of rotatable bonds is 9. The lowest BCUT2D eigenvalue weighted by molar-refractivity contribution is 0.0390. The van der Waals surface area contributed by atoms with E-state index in [4.69, 9.17) is 38.4 Å². The summed E-state index contributed by atoms with van der Waals surface area (Å²) in [5.74, 6) is -0.785. The first-order valence-electron chi connectivity index (χ1n) is 8.83. The molecule has 1 heterocycles. The highest BCUT2D eigenvalue weighted by Crippen LogP contribution is 2.37. The second-order valence-corrected chi connectivity index (χ2v) is 8.40. The number of amides is 1. The van der Waals surface area contributed by atoms with Gasteiger partial charge in [-0.25, -0.2) is 4.79 Å². The fraction of sp³-hybridized carbons (Fsp3) is 0.368. The van der Waals surface area contributed by atoms with E-state index in [0.29, 0.717) is 33.2 Å². The Balaban J connectivity index is 2.31. The van der Waals surface area contributed by atoms with Crippen LogP contribution in [-0.4, -0.2) is 38.7 Å². The Morgan fingerprint density at radius 3 is 2.59 bits per heavy atom. The summed E-state index contributed by atoms with van der Waals surface area (Å²) in [6.45, 7) is 4.98. The lowest BCUT2D eigenvalue weighted by Gasteiger charge is -2.10. The molecule has 10 heteroatoms. The molecule has 0 saturated heterocycles. The molecular weight excluding hydrogens is 437 g/mol. The van der Waals surface area contributed by atoms with E-state index in [0.717, 1.165) is 11.3 Å². The number of benzene rings is 1. The Hall–Kier alpha value is -2.00. The molecule has 0 fully saturated rings. The van der Waals surface area contributed by atoms with E-state index in [1.54, 1.807) is 12.1 Å². The largest absolute Gasteiger partial charge is 0.460 e. The molecule has 158 valence electrons. The second-order valence-electron chi connectivity index (χ2n) is 6.53. The highest BCUT2D eigenvalue weighted by Gasteiger charge is 2.27. The smallest absolute Gasteiger partial charge is 0.343 e. The number of nitrogens with one attached hydrogen (secondary N) is 2. The van der Waals surface area contributed by atoms with E-state index >= 15 is 0 Å². The van der Waals surface area contributed by atoms with Gasteiger partial charge in [-0.05, 0) is 24.1 Å². The molecule has 7 nitrogen and oxygen atoms in total. The van der Waals surface area contributed by atoms with Gasteiger partial charge < -0.3 is 25.8 Å². The SMILES string of the molecule is COCCOC(=O)c1c(NCC(C)C)sc(C(=O)Nc2ccc(Cl)cc2Cl)c1N. The number of thiophene rings is 1. The first-order valence-corrected chi connectivity index (χ1v) is 10.4. The zero-order valence-corrected chi connectivity index (χ0v) is 18.6. The van der Waals surface area contributed by atoms with Crippen molar-refractivity contribution in [1.82, 2.24) is 0 Å². The molecule has 2 aromatic rings. The highest BCUT2D eigenvalue weighted by molar-refractivity contribution is 7.19. The molecule has 0 bridgehead atoms. The fourth-order valence-electron chi connectivity index (χ4n) is 2.30. The second kappa shape index (κ2) is 10.7. The molecule has 0 atom stereocenters. The molecule has 0 spiro atoms. The molecule has 0 aliphatic rings. The van der Waals surface area contributed by atoms with Crippen molar-refractivity contribution in [3.63, 3.8) is 0 Å². The maximum Gasteiger partial charge on any atom is 0.343 e. The van der Waals surface area contributed by atoms with E-state index in [2.05, 4.69) is 10.6 Å². The highest BCUT2D eigenvalue weighted by atomic mass is 35.5. The van der Waals surface area contributed by atoms with E-state index in [9.17, 15) is 9.59 Å². The molecule has 0 aliphatic carbocycles. The summed E-state index contributed by atoms with van der Waals surface area (Å²) in [6, 6.07) is 4.71. The minimum Gasteiger partial charge on any atom is -0.460 e. The van der Waals surface area contributed by atoms with Crippen molar-refractivity contribution in [3.8, 4) is 0 Å². The predicted molar refractivity (Wildman–Crippen MR) is 119 cm³/mol. The molecule has 29 heavy (non-hydrogen) atoms. The number of nitrogen functional groups attached to an aromatic ring is 1. The first-order chi connectivity index (χ1) is 13.7. The summed E-state index contributed by atoms with van der Waals surface area (Å²) in [7, 11) is 1.51. The maximum atomic E-state index is 12.8. The normalized spacial score (nSPS) is 10.8. The van der Waals surface area contributed by atoms with Gasteiger partial charge in [0.2, 0.25) is 0 Å². The van der Waals surface area contributed by atoms with Crippen LogP contribution < -0.4 is 16.4 Å². The van der Waals surface area contributed by atoms with Crippen molar-refractivity contribution >= 4 is 62.8 Å². The number of halogens is 2. The van der Waals surface area contributed by atoms with Gasteiger partial charge in [-0.2, -0.15) is 0 Å². The first kappa shape index (κ1) is 23.3. The Morgan fingerprint density at radius 1 is 1.24 bits per heavy atom. The Bertz CT molecular complexity index is 887. The molecule has 2 rings (SSSR count). The van der Waals surface area contributed by atoms with E-state index in [1.165, 1.54) is 13.2 Å². The van der Waals surface area contributed by atoms with Crippen molar-refractivity contribution in [1.29, 1.82) is 0 Å². The lowest BCUT2D eigenvalue weighted by atomic mass is 10.2. The van der Waals surface area contributed by atoms with Crippen LogP contribution in [0.5, 0.6) is 0 Å². The summed E-state index contributed by atoms with van der Waals surface area (Å²) >= 11 is 13.1. The van der Waals surface area contributed by atoms with Crippen LogP contribution in [-0.2, 0) is 9.47 Å². The van der Waals surface area contributed by atoms with Crippen LogP contribution in [0.25, 0.3) is 0 Å². The van der Waals surface area contributed by atoms with Gasteiger partial charge in [0, 0.05) is 18.7 Å². The summed E-state index contributed by atoms with van der Waals surface area (Å²) < 4.78 is 10.1. The van der Waals surface area contributed by atoms with Crippen LogP contribution in [0.3, 0.4) is 0 Å². The number of methoxy groups -OCH3 is 1. The average molecular weight is 460 g/mol. The maximum absolute atomic E-state index is 12.8. The minimum atomic E-state index is -0.620. The number of hydrogen-bond donors (Lipinski definition) is 3. The third-order valence-corrected chi connectivity index (χ3v) is 5.44. The molecule has 1 aromatic heterocycles. The third kappa shape index (κ3) is 6.24. The van der Waals surface area contributed by atoms with Crippen LogP contribution in [0.4, 0.5) is 16.4 Å². The van der Waals surface area contributed by atoms with Gasteiger partial charge in [-0.15, -0.1) is 11.3 Å². The number of anilines is 3. The number of hydrogen-bond acceptors (Lipinski definition) is 7. The summed E-state index contributed by atoms with van der Waals surface area (Å²) in [5.41, 5.74) is 6.73. The zero-order valence-electron chi connectivity index (χ0n) is 16.3. The Labute approximate surface area is 183 Å². The van der Waals surface area contributed by atoms with Crippen molar-refractivity contribution in [3.05, 3.63) is 38.7 Å². The van der Waals surface area contributed by atoms with Gasteiger partial charge in [0.25, 0.3) is 5.91 Å². The van der Waals surface area contributed by atoms with Gasteiger partial charge >= 0.3 is 5.97 Å². The molecule has 0 aliphatic heterocycles. The van der Waals surface area contributed by atoms with Crippen LogP contribution in [0.2, 0.25) is 10.0 Å². The number of esters is 1. The molecule has 0 unspecified atom stereocenters. The van der Waals surface area contributed by atoms with Crippen molar-refractivity contribution in [2.75, 3.05) is 43.2 Å². The van der Waals surface area contributed by atoms with Crippen molar-refractivity contribution in [2.45, 2.75) is 13.8 Å². The fourth-order valence-corrected chi connectivity index (χ4v) is 3.76. The topological polar surface area (TPSA) is 103 Å². The zero-order chi connectivity index (χ0) is 21.6. The van der Waals surface area contributed by atoms with Crippen LogP contribution >= 0.6 is 34.5 Å². The number of nitrogens with two attached hydrogens (primary N) is 1. The van der Waals surface area contributed by atoms with Gasteiger partial charge in [-0.1, -0.05) is 37.0 Å². The summed E-state index contributed by atoms with van der Waals surface area (Å²) in [4.78, 5) is 25.5. The Morgan fingerprint density at radius 2 is 1.97 bits per heavy atom. The third-order valence-electron chi connectivity index (χ3n) is 3.73. The van der Waals surface area contributed by atoms with E-state index in [-0.39, 0.29) is 29.3 Å². The summed E-state index contributed by atoms with van der Waals surface area (Å²) in [6.07, 6.45) is 0. The molecular formula is C19H23Cl2N3O4S. The number of ether oxygens (including phenoxy) is 2.